The molecule has 0 aliphatic carbocycles. The van der Waals surface area contributed by atoms with Crippen LogP contribution in [0.5, 0.6) is 0 Å². The number of hydrogen-bond donors (Lipinski definition) is 1. The van der Waals surface area contributed by atoms with E-state index in [1.807, 2.05) is 18.3 Å². The molecule has 0 amide bonds. The molecule has 0 radical (unpaired) electrons. The molecule has 1 N–H and O–H groups in total. The molecule has 21 heavy (non-hydrogen) atoms. The highest BCUT2D eigenvalue weighted by molar-refractivity contribution is 7.12. The van der Waals surface area contributed by atoms with E-state index in [1.165, 1.54) is 15.1 Å². The third kappa shape index (κ3) is 2.93. The van der Waals surface area contributed by atoms with E-state index in [4.69, 9.17) is 0 Å². The molecule has 1 aromatic carbocycles. The maximum atomic E-state index is 4.68. The van der Waals surface area contributed by atoms with Gasteiger partial charge in [-0.15, -0.1) is 11.3 Å². The average Bonchev–Trinajstić information content (AvgIpc) is 2.97. The normalized spacial score (nSPS) is 12.5. The third-order valence-electron chi connectivity index (χ3n) is 3.69. The Morgan fingerprint density at radius 2 is 2.00 bits per heavy atom. The molecule has 1 unspecified atom stereocenters. The molecule has 3 heteroatoms. The van der Waals surface area contributed by atoms with Crippen molar-refractivity contribution in [1.29, 1.82) is 0 Å². The van der Waals surface area contributed by atoms with Crippen LogP contribution in [0.3, 0.4) is 0 Å². The van der Waals surface area contributed by atoms with Crippen molar-refractivity contribution < 1.29 is 0 Å². The maximum Gasteiger partial charge on any atom is 0.0936 e. The van der Waals surface area contributed by atoms with Gasteiger partial charge in [-0.2, -0.15) is 0 Å². The molecular weight excluding hydrogens is 276 g/mol. The molecule has 0 fully saturated rings. The summed E-state index contributed by atoms with van der Waals surface area (Å²) >= 11 is 1.89. The topological polar surface area (TPSA) is 24.9 Å². The second-order valence-corrected chi connectivity index (χ2v) is 6.55. The average molecular weight is 296 g/mol. The fourth-order valence-corrected chi connectivity index (χ4v) is 3.44. The Balaban J connectivity index is 1.92. The van der Waals surface area contributed by atoms with E-state index in [0.717, 1.165) is 23.3 Å². The summed E-state index contributed by atoms with van der Waals surface area (Å²) in [6.45, 7) is 6.44. The Morgan fingerprint density at radius 3 is 2.76 bits per heavy atom. The van der Waals surface area contributed by atoms with Crippen LogP contribution in [-0.4, -0.2) is 4.98 Å². The summed E-state index contributed by atoms with van der Waals surface area (Å²) in [4.78, 5) is 7.49. The van der Waals surface area contributed by atoms with Gasteiger partial charge in [0.15, 0.2) is 0 Å². The number of anilines is 1. The third-order valence-corrected chi connectivity index (χ3v) is 5.10. The van der Waals surface area contributed by atoms with Crippen molar-refractivity contribution in [3.05, 3.63) is 57.9 Å². The standard InChI is InChI=1S/C18H20N2S/c1-4-15-10-11-17(21-15)13(3)20-16-7-5-6-14-9-8-12(2)19-18(14)16/h5-11,13,20H,4H2,1-3H3. The molecular formula is C18H20N2S. The molecule has 0 saturated heterocycles. The number of aromatic nitrogens is 1. The van der Waals surface area contributed by atoms with Crippen LogP contribution in [-0.2, 0) is 6.42 Å². The van der Waals surface area contributed by atoms with E-state index in [2.05, 4.69) is 66.6 Å². The Morgan fingerprint density at radius 1 is 1.14 bits per heavy atom. The van der Waals surface area contributed by atoms with Crippen LogP contribution >= 0.6 is 11.3 Å². The molecule has 108 valence electrons. The summed E-state index contributed by atoms with van der Waals surface area (Å²) in [5.41, 5.74) is 3.21. The van der Waals surface area contributed by atoms with E-state index in [-0.39, 0.29) is 0 Å². The zero-order valence-electron chi connectivity index (χ0n) is 12.7. The quantitative estimate of drug-likeness (QED) is 0.703. The van der Waals surface area contributed by atoms with E-state index in [9.17, 15) is 0 Å². The second kappa shape index (κ2) is 5.86. The van der Waals surface area contributed by atoms with Gasteiger partial charge in [-0.3, -0.25) is 4.98 Å². The molecule has 2 nitrogen and oxygen atoms in total. The Kier molecular flexibility index (Phi) is 3.93. The van der Waals surface area contributed by atoms with Crippen molar-refractivity contribution in [2.45, 2.75) is 33.2 Å². The molecule has 3 aromatic rings. The Hall–Kier alpha value is -1.87. The van der Waals surface area contributed by atoms with Crippen molar-refractivity contribution in [3.63, 3.8) is 0 Å². The molecule has 1 atom stereocenters. The summed E-state index contributed by atoms with van der Waals surface area (Å²) in [7, 11) is 0. The number of aryl methyl sites for hydroxylation is 2. The minimum absolute atomic E-state index is 0.295. The number of thiophene rings is 1. The highest BCUT2D eigenvalue weighted by Crippen LogP contribution is 2.29. The molecule has 3 rings (SSSR count). The minimum Gasteiger partial charge on any atom is -0.376 e. The van der Waals surface area contributed by atoms with Crippen LogP contribution in [0, 0.1) is 6.92 Å². The predicted octanol–water partition coefficient (Wildman–Crippen LogP) is 5.34. The van der Waals surface area contributed by atoms with E-state index in [0.29, 0.717) is 6.04 Å². The van der Waals surface area contributed by atoms with Gasteiger partial charge in [-0.1, -0.05) is 25.1 Å². The van der Waals surface area contributed by atoms with E-state index >= 15 is 0 Å². The molecule has 0 spiro atoms. The number of nitrogens with one attached hydrogen (secondary N) is 1. The van der Waals surface area contributed by atoms with Crippen LogP contribution in [0.2, 0.25) is 0 Å². The fourth-order valence-electron chi connectivity index (χ4n) is 2.48. The number of nitrogens with zero attached hydrogens (tertiary/aromatic N) is 1. The smallest absolute Gasteiger partial charge is 0.0936 e. The molecule has 0 bridgehead atoms. The summed E-state index contributed by atoms with van der Waals surface area (Å²) in [6, 6.07) is 15.2. The van der Waals surface area contributed by atoms with Crippen LogP contribution in [0.15, 0.2) is 42.5 Å². The van der Waals surface area contributed by atoms with Gasteiger partial charge in [0.25, 0.3) is 0 Å². The van der Waals surface area contributed by atoms with Gasteiger partial charge in [-0.05, 0) is 44.5 Å². The van der Waals surface area contributed by atoms with Gasteiger partial charge < -0.3 is 5.32 Å². The van der Waals surface area contributed by atoms with Crippen LogP contribution < -0.4 is 5.32 Å². The highest BCUT2D eigenvalue weighted by atomic mass is 32.1. The number of pyridine rings is 1. The van der Waals surface area contributed by atoms with E-state index in [1.54, 1.807) is 0 Å². The Bertz CT molecular complexity index is 761. The van der Waals surface area contributed by atoms with Gasteiger partial charge in [0.2, 0.25) is 0 Å². The van der Waals surface area contributed by atoms with Crippen LogP contribution in [0.1, 0.15) is 35.3 Å². The summed E-state index contributed by atoms with van der Waals surface area (Å²) < 4.78 is 0. The number of fused-ring (bicyclic) bond motifs is 1. The lowest BCUT2D eigenvalue weighted by molar-refractivity contribution is 0.909. The van der Waals surface area contributed by atoms with Crippen LogP contribution in [0.4, 0.5) is 5.69 Å². The summed E-state index contributed by atoms with van der Waals surface area (Å²) in [5, 5.41) is 4.79. The lowest BCUT2D eigenvalue weighted by atomic mass is 10.1. The zero-order chi connectivity index (χ0) is 14.8. The van der Waals surface area contributed by atoms with Gasteiger partial charge in [0.05, 0.1) is 17.2 Å². The molecule has 2 aromatic heterocycles. The van der Waals surface area contributed by atoms with E-state index < -0.39 is 0 Å². The Labute approximate surface area is 129 Å². The monoisotopic (exact) mass is 296 g/mol. The number of rotatable bonds is 4. The number of benzene rings is 1. The largest absolute Gasteiger partial charge is 0.376 e. The second-order valence-electron chi connectivity index (χ2n) is 5.35. The number of hydrogen-bond acceptors (Lipinski definition) is 3. The molecule has 2 heterocycles. The summed E-state index contributed by atoms with van der Waals surface area (Å²) in [6.07, 6.45) is 1.10. The highest BCUT2D eigenvalue weighted by Gasteiger charge is 2.10. The van der Waals surface area contributed by atoms with Crippen molar-refractivity contribution in [1.82, 2.24) is 4.98 Å². The van der Waals surface area contributed by atoms with Crippen molar-refractivity contribution in [3.8, 4) is 0 Å². The SMILES string of the molecule is CCc1ccc(C(C)Nc2cccc3ccc(C)nc23)s1. The lowest BCUT2D eigenvalue weighted by Crippen LogP contribution is -2.05. The van der Waals surface area contributed by atoms with Crippen LogP contribution in [0.25, 0.3) is 10.9 Å². The van der Waals surface area contributed by atoms with Gasteiger partial charge >= 0.3 is 0 Å². The van der Waals surface area contributed by atoms with Gasteiger partial charge in [0.1, 0.15) is 0 Å². The van der Waals surface area contributed by atoms with Gasteiger partial charge in [0, 0.05) is 20.8 Å². The molecule has 0 aliphatic heterocycles. The van der Waals surface area contributed by atoms with Gasteiger partial charge in [-0.25, -0.2) is 0 Å². The first-order chi connectivity index (χ1) is 10.2. The lowest BCUT2D eigenvalue weighted by Gasteiger charge is -2.15. The van der Waals surface area contributed by atoms with Crippen molar-refractivity contribution in [2.75, 3.05) is 5.32 Å². The van der Waals surface area contributed by atoms with Crippen molar-refractivity contribution >= 4 is 27.9 Å². The zero-order valence-corrected chi connectivity index (χ0v) is 13.5. The minimum atomic E-state index is 0.295. The molecule has 0 saturated carbocycles. The maximum absolute atomic E-state index is 4.68. The fraction of sp³-hybridized carbons (Fsp3) is 0.278. The first-order valence-electron chi connectivity index (χ1n) is 7.39. The first kappa shape index (κ1) is 14.1. The molecule has 0 aliphatic rings. The predicted molar refractivity (Wildman–Crippen MR) is 92.2 cm³/mol. The number of para-hydroxylation sites is 1. The van der Waals surface area contributed by atoms with Crippen molar-refractivity contribution in [2.24, 2.45) is 0 Å². The summed E-state index contributed by atoms with van der Waals surface area (Å²) in [5.74, 6) is 0. The first-order valence-corrected chi connectivity index (χ1v) is 8.20.